The number of ether oxygens (including phenoxy) is 1. The number of aromatic nitrogens is 1. The topological polar surface area (TPSA) is 46.5 Å². The van der Waals surface area contributed by atoms with Crippen molar-refractivity contribution in [1.29, 1.82) is 0 Å². The first-order chi connectivity index (χ1) is 12.2. The van der Waals surface area contributed by atoms with Gasteiger partial charge in [0, 0.05) is 44.8 Å². The molecule has 1 aromatic carbocycles. The Bertz CT molecular complexity index is 791. The van der Waals surface area contributed by atoms with Gasteiger partial charge in [-0.05, 0) is 30.5 Å². The third-order valence-electron chi connectivity index (χ3n) is 4.66. The molecule has 5 heteroatoms. The van der Waals surface area contributed by atoms with Crippen LogP contribution in [-0.2, 0) is 17.8 Å². The van der Waals surface area contributed by atoms with E-state index in [-0.39, 0.29) is 5.56 Å². The number of nitrogens with one attached hydrogen (secondary N) is 1. The summed E-state index contributed by atoms with van der Waals surface area (Å²) in [4.78, 5) is 15.2. The number of morpholine rings is 1. The van der Waals surface area contributed by atoms with E-state index in [0.717, 1.165) is 55.9 Å². The van der Waals surface area contributed by atoms with Crippen LogP contribution in [0, 0.1) is 6.92 Å². The molecule has 0 atom stereocenters. The molecule has 0 bridgehead atoms. The molecule has 1 N–H and O–H groups in total. The van der Waals surface area contributed by atoms with Gasteiger partial charge < -0.3 is 14.6 Å². The van der Waals surface area contributed by atoms with Gasteiger partial charge in [0.1, 0.15) is 0 Å². The molecule has 0 radical (unpaired) electrons. The van der Waals surface area contributed by atoms with Gasteiger partial charge in [-0.15, -0.1) is 6.58 Å². The van der Waals surface area contributed by atoms with Gasteiger partial charge in [0.2, 0.25) is 0 Å². The Labute approximate surface area is 148 Å². The number of hydrogen-bond donors (Lipinski definition) is 1. The Morgan fingerprint density at radius 2 is 2.08 bits per heavy atom. The molecule has 1 saturated heterocycles. The molecule has 2 aromatic rings. The highest BCUT2D eigenvalue weighted by molar-refractivity contribution is 5.80. The Morgan fingerprint density at radius 1 is 1.28 bits per heavy atom. The lowest BCUT2D eigenvalue weighted by atomic mass is 10.1. The van der Waals surface area contributed by atoms with Gasteiger partial charge in [-0.3, -0.25) is 9.69 Å². The molecule has 0 aliphatic carbocycles. The summed E-state index contributed by atoms with van der Waals surface area (Å²) in [7, 11) is 0. The predicted molar refractivity (Wildman–Crippen MR) is 102 cm³/mol. The summed E-state index contributed by atoms with van der Waals surface area (Å²) in [6, 6.07) is 8.21. The molecule has 1 aliphatic rings. The van der Waals surface area contributed by atoms with Crippen LogP contribution in [0.2, 0.25) is 0 Å². The number of fused-ring (bicyclic) bond motifs is 1. The molecule has 0 unspecified atom stereocenters. The largest absolute Gasteiger partial charge is 0.379 e. The average molecular weight is 341 g/mol. The number of aryl methyl sites for hydroxylation is 1. The van der Waals surface area contributed by atoms with Crippen LogP contribution in [-0.4, -0.2) is 48.9 Å². The van der Waals surface area contributed by atoms with Gasteiger partial charge in [0.15, 0.2) is 0 Å². The number of benzene rings is 1. The first-order valence-electron chi connectivity index (χ1n) is 8.94. The van der Waals surface area contributed by atoms with E-state index < -0.39 is 0 Å². The summed E-state index contributed by atoms with van der Waals surface area (Å²) < 4.78 is 7.17. The summed E-state index contributed by atoms with van der Waals surface area (Å²) >= 11 is 0. The van der Waals surface area contributed by atoms with Gasteiger partial charge in [0.05, 0.1) is 18.7 Å². The van der Waals surface area contributed by atoms with Crippen molar-refractivity contribution < 1.29 is 4.74 Å². The number of allylic oxidation sites excluding steroid dienone is 1. The lowest BCUT2D eigenvalue weighted by molar-refractivity contribution is 0.0384. The fourth-order valence-electron chi connectivity index (χ4n) is 3.29. The quantitative estimate of drug-likeness (QED) is 0.617. The van der Waals surface area contributed by atoms with Crippen LogP contribution in [0.1, 0.15) is 11.1 Å². The fourth-order valence-corrected chi connectivity index (χ4v) is 3.29. The van der Waals surface area contributed by atoms with E-state index >= 15 is 0 Å². The maximum atomic E-state index is 12.8. The highest BCUT2D eigenvalue weighted by Crippen LogP contribution is 2.16. The zero-order valence-corrected chi connectivity index (χ0v) is 15.0. The molecule has 5 nitrogen and oxygen atoms in total. The van der Waals surface area contributed by atoms with Crippen molar-refractivity contribution in [1.82, 2.24) is 14.8 Å². The van der Waals surface area contributed by atoms with Gasteiger partial charge in [-0.25, -0.2) is 0 Å². The zero-order valence-electron chi connectivity index (χ0n) is 15.0. The number of rotatable bonds is 7. The van der Waals surface area contributed by atoms with E-state index in [2.05, 4.69) is 29.8 Å². The fraction of sp³-hybridized carbons (Fsp3) is 0.450. The van der Waals surface area contributed by atoms with E-state index in [9.17, 15) is 4.79 Å². The minimum Gasteiger partial charge on any atom is -0.379 e. The summed E-state index contributed by atoms with van der Waals surface area (Å²) in [5.74, 6) is 0. The molecule has 1 fully saturated rings. The van der Waals surface area contributed by atoms with Crippen LogP contribution in [0.15, 0.2) is 41.7 Å². The summed E-state index contributed by atoms with van der Waals surface area (Å²) in [5, 5.41) is 4.52. The highest BCUT2D eigenvalue weighted by atomic mass is 16.5. The molecule has 2 heterocycles. The monoisotopic (exact) mass is 341 g/mol. The smallest absolute Gasteiger partial charge is 0.255 e. The van der Waals surface area contributed by atoms with Gasteiger partial charge in [0.25, 0.3) is 5.56 Å². The lowest BCUT2D eigenvalue weighted by Crippen LogP contribution is -2.40. The zero-order chi connectivity index (χ0) is 17.6. The number of pyridine rings is 1. The van der Waals surface area contributed by atoms with Crippen molar-refractivity contribution in [3.05, 3.63) is 58.4 Å². The Morgan fingerprint density at radius 3 is 2.84 bits per heavy atom. The van der Waals surface area contributed by atoms with Gasteiger partial charge >= 0.3 is 0 Å². The Kier molecular flexibility index (Phi) is 6.02. The van der Waals surface area contributed by atoms with Crippen LogP contribution >= 0.6 is 0 Å². The predicted octanol–water partition coefficient (Wildman–Crippen LogP) is 1.92. The highest BCUT2D eigenvalue weighted by Gasteiger charge is 2.11. The second kappa shape index (κ2) is 8.43. The van der Waals surface area contributed by atoms with Crippen molar-refractivity contribution in [3.8, 4) is 0 Å². The molecular weight excluding hydrogens is 314 g/mol. The van der Waals surface area contributed by atoms with E-state index in [1.807, 2.05) is 18.2 Å². The van der Waals surface area contributed by atoms with E-state index in [1.165, 1.54) is 5.56 Å². The minimum absolute atomic E-state index is 0.0649. The SMILES string of the molecule is C=CCn1c(=O)c(CNCCN2CCOCC2)cc2cc(C)ccc21. The standard InChI is InChI=1S/C20H27N3O2/c1-3-7-23-19-5-4-16(2)13-17(19)14-18(20(23)24)15-21-6-8-22-9-11-25-12-10-22/h3-5,13-14,21H,1,6-12,15H2,2H3. The minimum atomic E-state index is 0.0649. The summed E-state index contributed by atoms with van der Waals surface area (Å²) in [5.41, 5.74) is 3.03. The second-order valence-electron chi connectivity index (χ2n) is 6.57. The average Bonchev–Trinajstić information content (AvgIpc) is 2.62. The summed E-state index contributed by atoms with van der Waals surface area (Å²) in [6.07, 6.45) is 1.77. The normalized spacial score (nSPS) is 15.6. The molecule has 134 valence electrons. The number of hydrogen-bond acceptors (Lipinski definition) is 4. The van der Waals surface area contributed by atoms with Crippen molar-refractivity contribution >= 4 is 10.9 Å². The van der Waals surface area contributed by atoms with Gasteiger partial charge in [-0.1, -0.05) is 17.7 Å². The Balaban J connectivity index is 1.72. The van der Waals surface area contributed by atoms with Crippen LogP contribution < -0.4 is 10.9 Å². The van der Waals surface area contributed by atoms with Crippen LogP contribution in [0.25, 0.3) is 10.9 Å². The second-order valence-corrected chi connectivity index (χ2v) is 6.57. The van der Waals surface area contributed by atoms with Crippen LogP contribution in [0.5, 0.6) is 0 Å². The van der Waals surface area contributed by atoms with Gasteiger partial charge in [-0.2, -0.15) is 0 Å². The first-order valence-corrected chi connectivity index (χ1v) is 8.94. The Hall–Kier alpha value is -1.95. The van der Waals surface area contributed by atoms with Crippen molar-refractivity contribution in [3.63, 3.8) is 0 Å². The van der Waals surface area contributed by atoms with Crippen molar-refractivity contribution in [2.75, 3.05) is 39.4 Å². The molecule has 0 amide bonds. The molecule has 1 aromatic heterocycles. The molecule has 25 heavy (non-hydrogen) atoms. The molecule has 0 spiro atoms. The van der Waals surface area contributed by atoms with Crippen LogP contribution in [0.3, 0.4) is 0 Å². The molecule has 1 aliphatic heterocycles. The molecule has 3 rings (SSSR count). The molecular formula is C20H27N3O2. The van der Waals surface area contributed by atoms with E-state index in [0.29, 0.717) is 13.1 Å². The van der Waals surface area contributed by atoms with Crippen LogP contribution in [0.4, 0.5) is 0 Å². The van der Waals surface area contributed by atoms with E-state index in [4.69, 9.17) is 4.74 Å². The lowest BCUT2D eigenvalue weighted by Gasteiger charge is -2.26. The number of nitrogens with zero attached hydrogens (tertiary/aromatic N) is 2. The maximum Gasteiger partial charge on any atom is 0.255 e. The van der Waals surface area contributed by atoms with Crippen molar-refractivity contribution in [2.24, 2.45) is 0 Å². The van der Waals surface area contributed by atoms with E-state index in [1.54, 1.807) is 10.6 Å². The van der Waals surface area contributed by atoms with Crippen molar-refractivity contribution in [2.45, 2.75) is 20.0 Å². The first kappa shape index (κ1) is 17.9. The molecule has 0 saturated carbocycles. The summed E-state index contributed by atoms with van der Waals surface area (Å²) in [6.45, 7) is 12.4. The maximum absolute atomic E-state index is 12.8. The third-order valence-corrected chi connectivity index (χ3v) is 4.66. The third kappa shape index (κ3) is 4.37.